The average molecular weight is 210 g/mol. The van der Waals surface area contributed by atoms with Crippen LogP contribution in [0.4, 0.5) is 4.39 Å². The lowest BCUT2D eigenvalue weighted by Crippen LogP contribution is -2.14. The largest absolute Gasteiger partial charge is 0.395 e. The Morgan fingerprint density at radius 1 is 1.33 bits per heavy atom. The van der Waals surface area contributed by atoms with Crippen LogP contribution in [0, 0.1) is 12.7 Å². The van der Waals surface area contributed by atoms with Crippen LogP contribution in [0.25, 0.3) is 0 Å². The van der Waals surface area contributed by atoms with Gasteiger partial charge in [0.2, 0.25) is 0 Å². The summed E-state index contributed by atoms with van der Waals surface area (Å²) in [4.78, 5) is 0. The Kier molecular flexibility index (Phi) is 3.86. The van der Waals surface area contributed by atoms with Crippen LogP contribution in [0.2, 0.25) is 0 Å². The van der Waals surface area contributed by atoms with E-state index in [2.05, 4.69) is 0 Å². The van der Waals surface area contributed by atoms with Crippen LogP contribution in [0.15, 0.2) is 18.2 Å². The van der Waals surface area contributed by atoms with Crippen LogP contribution in [0.3, 0.4) is 0 Å². The topological polar surface area (TPSA) is 20.2 Å². The zero-order valence-electron chi connectivity index (χ0n) is 9.68. The minimum absolute atomic E-state index is 0.0629. The van der Waals surface area contributed by atoms with Gasteiger partial charge in [-0.05, 0) is 30.9 Å². The molecule has 1 fully saturated rings. The van der Waals surface area contributed by atoms with Crippen LogP contribution >= 0.6 is 0 Å². The van der Waals surface area contributed by atoms with Gasteiger partial charge in [-0.3, -0.25) is 0 Å². The molecule has 0 heterocycles. The van der Waals surface area contributed by atoms with E-state index in [4.69, 9.17) is 5.11 Å². The predicted octanol–water partition coefficient (Wildman–Crippen LogP) is 3.18. The lowest BCUT2D eigenvalue weighted by atomic mass is 9.95. The molecule has 1 nitrogen and oxygen atoms in total. The first-order valence-corrected chi connectivity index (χ1v) is 5.56. The number of aliphatic hydroxyl groups excluding tert-OH is 1. The molecule has 0 bridgehead atoms. The van der Waals surface area contributed by atoms with Crippen LogP contribution in [0.5, 0.6) is 0 Å². The molecule has 0 unspecified atom stereocenters. The van der Waals surface area contributed by atoms with E-state index in [1.54, 1.807) is 19.1 Å². The second kappa shape index (κ2) is 4.75. The first-order chi connectivity index (χ1) is 7.19. The van der Waals surface area contributed by atoms with E-state index in [-0.39, 0.29) is 17.8 Å². The first kappa shape index (κ1) is 12.2. The van der Waals surface area contributed by atoms with Crippen molar-refractivity contribution in [1.82, 2.24) is 0 Å². The van der Waals surface area contributed by atoms with E-state index in [9.17, 15) is 4.39 Å². The molecule has 1 aliphatic rings. The molecule has 1 aromatic rings. The molecule has 1 saturated carbocycles. The van der Waals surface area contributed by atoms with E-state index in [0.717, 1.165) is 12.8 Å². The normalized spacial score (nSPS) is 16.6. The van der Waals surface area contributed by atoms with Crippen molar-refractivity contribution in [1.29, 1.82) is 0 Å². The first-order valence-electron chi connectivity index (χ1n) is 5.56. The van der Waals surface area contributed by atoms with E-state index >= 15 is 0 Å². The van der Waals surface area contributed by atoms with E-state index < -0.39 is 0 Å². The zero-order chi connectivity index (χ0) is 11.5. The van der Waals surface area contributed by atoms with Gasteiger partial charge in [-0.2, -0.15) is 0 Å². The van der Waals surface area contributed by atoms with Crippen LogP contribution < -0.4 is 0 Å². The van der Waals surface area contributed by atoms with E-state index in [0.29, 0.717) is 11.1 Å². The highest BCUT2D eigenvalue weighted by molar-refractivity contribution is 5.36. The Hall–Kier alpha value is -0.890. The lowest BCUT2D eigenvalue weighted by molar-refractivity contribution is 0.252. The van der Waals surface area contributed by atoms with E-state index in [1.807, 2.05) is 19.9 Å². The van der Waals surface area contributed by atoms with Crippen molar-refractivity contribution < 1.29 is 9.50 Å². The molecule has 0 aromatic heterocycles. The Labute approximate surface area is 90.9 Å². The maximum absolute atomic E-state index is 13.6. The van der Waals surface area contributed by atoms with Gasteiger partial charge in [-0.1, -0.05) is 32.0 Å². The molecule has 2 rings (SSSR count). The van der Waals surface area contributed by atoms with Gasteiger partial charge in [0.05, 0.1) is 6.61 Å². The maximum atomic E-state index is 13.6. The number of hydrogen-bond donors (Lipinski definition) is 1. The average Bonchev–Trinajstić information content (AvgIpc) is 3.06. The number of aryl methyl sites for hydroxylation is 1. The molecule has 0 radical (unpaired) electrons. The molecule has 1 N–H and O–H groups in total. The summed E-state index contributed by atoms with van der Waals surface area (Å²) >= 11 is 0. The molecule has 84 valence electrons. The minimum atomic E-state index is -0.254. The number of benzene rings is 1. The highest BCUT2D eigenvalue weighted by Gasteiger charge is 2.45. The molecular weight excluding hydrogens is 191 g/mol. The molecule has 0 spiro atoms. The Morgan fingerprint density at radius 2 is 1.93 bits per heavy atom. The Morgan fingerprint density at radius 3 is 2.40 bits per heavy atom. The summed E-state index contributed by atoms with van der Waals surface area (Å²) in [5.41, 5.74) is 1.10. The quantitative estimate of drug-likeness (QED) is 0.794. The molecule has 15 heavy (non-hydrogen) atoms. The minimum Gasteiger partial charge on any atom is -0.395 e. The molecule has 0 saturated heterocycles. The van der Waals surface area contributed by atoms with Crippen LogP contribution in [-0.4, -0.2) is 11.7 Å². The number of hydrogen-bond acceptors (Lipinski definition) is 1. The fraction of sp³-hybridized carbons (Fsp3) is 0.538. The summed E-state index contributed by atoms with van der Waals surface area (Å²) < 4.78 is 13.6. The van der Waals surface area contributed by atoms with E-state index in [1.165, 1.54) is 0 Å². The molecule has 0 amide bonds. The smallest absolute Gasteiger partial charge is 0.129 e. The van der Waals surface area contributed by atoms with Gasteiger partial charge in [-0.25, -0.2) is 4.39 Å². The van der Waals surface area contributed by atoms with Crippen LogP contribution in [-0.2, 0) is 5.41 Å². The maximum Gasteiger partial charge on any atom is 0.129 e. The SMILES string of the molecule is CC.Cc1cccc(C2(CO)CC2)c1F. The zero-order valence-corrected chi connectivity index (χ0v) is 9.68. The van der Waals surface area contributed by atoms with Gasteiger partial charge in [0.15, 0.2) is 0 Å². The molecule has 2 heteroatoms. The van der Waals surface area contributed by atoms with Gasteiger partial charge >= 0.3 is 0 Å². The molecule has 1 aliphatic carbocycles. The molecule has 0 atom stereocenters. The fourth-order valence-electron chi connectivity index (χ4n) is 1.72. The summed E-state index contributed by atoms with van der Waals surface area (Å²) in [6, 6.07) is 5.39. The van der Waals surface area contributed by atoms with Crippen molar-refractivity contribution in [3.8, 4) is 0 Å². The third kappa shape index (κ3) is 2.20. The van der Waals surface area contributed by atoms with Gasteiger partial charge in [0, 0.05) is 5.41 Å². The number of halogens is 1. The standard InChI is InChI=1S/C11H13FO.C2H6/c1-8-3-2-4-9(10(8)12)11(7-13)5-6-11;1-2/h2-4,13H,5-7H2,1H3;1-2H3. The van der Waals surface area contributed by atoms with Crippen molar-refractivity contribution >= 4 is 0 Å². The molecular formula is C13H19FO. The van der Waals surface area contributed by atoms with Gasteiger partial charge < -0.3 is 5.11 Å². The third-order valence-electron chi connectivity index (χ3n) is 2.92. The predicted molar refractivity (Wildman–Crippen MR) is 60.5 cm³/mol. The van der Waals surface area contributed by atoms with Crippen molar-refractivity contribution in [3.63, 3.8) is 0 Å². The van der Waals surface area contributed by atoms with Crippen molar-refractivity contribution in [3.05, 3.63) is 35.1 Å². The molecule has 0 aliphatic heterocycles. The highest BCUT2D eigenvalue weighted by atomic mass is 19.1. The lowest BCUT2D eigenvalue weighted by Gasteiger charge is -2.13. The summed E-state index contributed by atoms with van der Waals surface area (Å²) in [6.07, 6.45) is 1.81. The monoisotopic (exact) mass is 210 g/mol. The van der Waals surface area contributed by atoms with Gasteiger partial charge in [0.1, 0.15) is 5.82 Å². The highest BCUT2D eigenvalue weighted by Crippen LogP contribution is 2.48. The summed E-state index contributed by atoms with van der Waals surface area (Å²) in [6.45, 7) is 5.82. The summed E-state index contributed by atoms with van der Waals surface area (Å²) in [5, 5.41) is 9.16. The van der Waals surface area contributed by atoms with Gasteiger partial charge in [-0.15, -0.1) is 0 Å². The second-order valence-corrected chi connectivity index (χ2v) is 3.87. The van der Waals surface area contributed by atoms with Crippen molar-refractivity contribution in [2.45, 2.75) is 39.0 Å². The summed E-state index contributed by atoms with van der Waals surface area (Å²) in [7, 11) is 0. The second-order valence-electron chi connectivity index (χ2n) is 3.87. The van der Waals surface area contributed by atoms with Gasteiger partial charge in [0.25, 0.3) is 0 Å². The summed E-state index contributed by atoms with van der Waals surface area (Å²) in [5.74, 6) is -0.144. The molecule has 1 aromatic carbocycles. The number of aliphatic hydroxyl groups is 1. The Balaban J connectivity index is 0.000000531. The fourth-order valence-corrected chi connectivity index (χ4v) is 1.72. The Bertz CT molecular complexity index is 329. The third-order valence-corrected chi connectivity index (χ3v) is 2.92. The number of rotatable bonds is 2. The van der Waals surface area contributed by atoms with Crippen LogP contribution in [0.1, 0.15) is 37.8 Å². The van der Waals surface area contributed by atoms with Crippen molar-refractivity contribution in [2.75, 3.05) is 6.61 Å². The van der Waals surface area contributed by atoms with Crippen molar-refractivity contribution in [2.24, 2.45) is 0 Å².